The standard InChI is InChI=1S/C12H23NO3.ClH/c1-10(8-14)13-9-12(7-11(15)16)5-3-2-4-6-12;/h10,13-14H,2-9H2,1H3,(H,15,16);1H. The van der Waals surface area contributed by atoms with Crippen molar-refractivity contribution in [3.05, 3.63) is 0 Å². The van der Waals surface area contributed by atoms with Crippen LogP contribution in [0.25, 0.3) is 0 Å². The molecular weight excluding hydrogens is 242 g/mol. The summed E-state index contributed by atoms with van der Waals surface area (Å²) < 4.78 is 0. The summed E-state index contributed by atoms with van der Waals surface area (Å²) in [6, 6.07) is 0.0487. The van der Waals surface area contributed by atoms with Crippen LogP contribution >= 0.6 is 12.4 Å². The number of aliphatic hydroxyl groups excluding tert-OH is 1. The molecule has 0 radical (unpaired) electrons. The summed E-state index contributed by atoms with van der Waals surface area (Å²) in [6.45, 7) is 2.72. The molecule has 1 rings (SSSR count). The lowest BCUT2D eigenvalue weighted by Gasteiger charge is -2.37. The third-order valence-electron chi connectivity index (χ3n) is 3.54. The van der Waals surface area contributed by atoms with Crippen molar-refractivity contribution < 1.29 is 15.0 Å². The van der Waals surface area contributed by atoms with Crippen LogP contribution in [-0.4, -0.2) is 35.4 Å². The van der Waals surface area contributed by atoms with Crippen molar-refractivity contribution in [3.8, 4) is 0 Å². The number of rotatable bonds is 6. The van der Waals surface area contributed by atoms with Gasteiger partial charge in [0.1, 0.15) is 0 Å². The molecule has 0 aromatic heterocycles. The highest BCUT2D eigenvalue weighted by atomic mass is 35.5. The Bertz CT molecular complexity index is 230. The van der Waals surface area contributed by atoms with Gasteiger partial charge in [0.25, 0.3) is 0 Å². The highest BCUT2D eigenvalue weighted by molar-refractivity contribution is 5.85. The first-order valence-corrected chi connectivity index (χ1v) is 6.14. The summed E-state index contributed by atoms with van der Waals surface area (Å²) in [7, 11) is 0. The molecule has 0 amide bonds. The van der Waals surface area contributed by atoms with E-state index in [1.165, 1.54) is 6.42 Å². The maximum absolute atomic E-state index is 10.9. The molecule has 1 saturated carbocycles. The maximum Gasteiger partial charge on any atom is 0.303 e. The lowest BCUT2D eigenvalue weighted by molar-refractivity contribution is -0.140. The molecule has 0 heterocycles. The molecular formula is C12H24ClNO3. The maximum atomic E-state index is 10.9. The van der Waals surface area contributed by atoms with E-state index in [1.807, 2.05) is 6.92 Å². The van der Waals surface area contributed by atoms with Gasteiger partial charge in [0.05, 0.1) is 13.0 Å². The third-order valence-corrected chi connectivity index (χ3v) is 3.54. The number of nitrogens with one attached hydrogen (secondary N) is 1. The normalized spacial score (nSPS) is 20.4. The molecule has 4 nitrogen and oxygen atoms in total. The molecule has 1 fully saturated rings. The number of carboxylic acid groups (broad SMARTS) is 1. The van der Waals surface area contributed by atoms with Gasteiger partial charge < -0.3 is 15.5 Å². The first-order chi connectivity index (χ1) is 7.58. The van der Waals surface area contributed by atoms with Crippen molar-refractivity contribution in [1.82, 2.24) is 5.32 Å². The minimum atomic E-state index is -0.708. The predicted octanol–water partition coefficient (Wildman–Crippen LogP) is 1.80. The average Bonchev–Trinajstić information content (AvgIpc) is 2.26. The summed E-state index contributed by atoms with van der Waals surface area (Å²) in [5, 5.41) is 21.2. The van der Waals surface area contributed by atoms with Crippen LogP contribution in [0.3, 0.4) is 0 Å². The van der Waals surface area contributed by atoms with Gasteiger partial charge in [-0.3, -0.25) is 4.79 Å². The van der Waals surface area contributed by atoms with Gasteiger partial charge >= 0.3 is 5.97 Å². The largest absolute Gasteiger partial charge is 0.481 e. The van der Waals surface area contributed by atoms with Gasteiger partial charge in [-0.25, -0.2) is 0 Å². The van der Waals surface area contributed by atoms with E-state index >= 15 is 0 Å². The Kier molecular flexibility index (Phi) is 7.75. The zero-order valence-corrected chi connectivity index (χ0v) is 11.3. The van der Waals surface area contributed by atoms with Gasteiger partial charge in [0, 0.05) is 12.6 Å². The van der Waals surface area contributed by atoms with Crippen molar-refractivity contribution in [3.63, 3.8) is 0 Å². The summed E-state index contributed by atoms with van der Waals surface area (Å²) >= 11 is 0. The van der Waals surface area contributed by atoms with E-state index in [0.717, 1.165) is 25.7 Å². The first-order valence-electron chi connectivity index (χ1n) is 6.14. The monoisotopic (exact) mass is 265 g/mol. The molecule has 0 spiro atoms. The molecule has 3 N–H and O–H groups in total. The Balaban J connectivity index is 0.00000256. The molecule has 102 valence electrons. The van der Waals surface area contributed by atoms with Crippen LogP contribution < -0.4 is 5.32 Å². The van der Waals surface area contributed by atoms with Crippen LogP contribution in [-0.2, 0) is 4.79 Å². The van der Waals surface area contributed by atoms with Gasteiger partial charge in [-0.2, -0.15) is 0 Å². The van der Waals surface area contributed by atoms with Crippen LogP contribution in [0.2, 0.25) is 0 Å². The fraction of sp³-hybridized carbons (Fsp3) is 0.917. The van der Waals surface area contributed by atoms with E-state index in [2.05, 4.69) is 5.32 Å². The fourth-order valence-corrected chi connectivity index (χ4v) is 2.49. The van der Waals surface area contributed by atoms with Gasteiger partial charge in [-0.05, 0) is 25.2 Å². The van der Waals surface area contributed by atoms with Crippen LogP contribution in [0.1, 0.15) is 45.4 Å². The SMILES string of the molecule is CC(CO)NCC1(CC(=O)O)CCCCC1.Cl. The van der Waals surface area contributed by atoms with Crippen LogP contribution in [0.4, 0.5) is 0 Å². The zero-order chi connectivity index (χ0) is 12.0. The van der Waals surface area contributed by atoms with E-state index in [-0.39, 0.29) is 36.9 Å². The molecule has 0 aliphatic heterocycles. The number of carbonyl (C=O) groups is 1. The number of aliphatic carboxylic acids is 1. The van der Waals surface area contributed by atoms with Gasteiger partial charge in [0.15, 0.2) is 0 Å². The van der Waals surface area contributed by atoms with E-state index < -0.39 is 5.97 Å². The molecule has 1 aliphatic rings. The molecule has 0 aromatic rings. The van der Waals surface area contributed by atoms with E-state index in [1.54, 1.807) is 0 Å². The molecule has 5 heteroatoms. The molecule has 0 aromatic carbocycles. The highest BCUT2D eigenvalue weighted by Gasteiger charge is 2.34. The van der Waals surface area contributed by atoms with E-state index in [0.29, 0.717) is 6.54 Å². The van der Waals surface area contributed by atoms with Crippen molar-refractivity contribution in [1.29, 1.82) is 0 Å². The molecule has 1 atom stereocenters. The Hall–Kier alpha value is -0.320. The summed E-state index contributed by atoms with van der Waals surface area (Å²) in [5.74, 6) is -0.708. The van der Waals surface area contributed by atoms with Crippen molar-refractivity contribution in [2.45, 2.75) is 51.5 Å². The molecule has 0 saturated heterocycles. The van der Waals surface area contributed by atoms with Crippen LogP contribution in [0, 0.1) is 5.41 Å². The minimum absolute atomic E-state index is 0. The number of halogens is 1. The quantitative estimate of drug-likeness (QED) is 0.685. The van der Waals surface area contributed by atoms with E-state index in [9.17, 15) is 4.79 Å². The molecule has 1 unspecified atom stereocenters. The fourth-order valence-electron chi connectivity index (χ4n) is 2.49. The lowest BCUT2D eigenvalue weighted by Crippen LogP contribution is -2.42. The van der Waals surface area contributed by atoms with E-state index in [4.69, 9.17) is 10.2 Å². The smallest absolute Gasteiger partial charge is 0.303 e. The van der Waals surface area contributed by atoms with Gasteiger partial charge in [-0.15, -0.1) is 12.4 Å². The Morgan fingerprint density at radius 3 is 2.41 bits per heavy atom. The second-order valence-corrected chi connectivity index (χ2v) is 5.10. The third kappa shape index (κ3) is 5.70. The summed E-state index contributed by atoms with van der Waals surface area (Å²) in [4.78, 5) is 10.9. The Morgan fingerprint density at radius 1 is 1.35 bits per heavy atom. The molecule has 1 aliphatic carbocycles. The molecule has 0 bridgehead atoms. The second-order valence-electron chi connectivity index (χ2n) is 5.10. The Morgan fingerprint density at radius 2 is 1.94 bits per heavy atom. The van der Waals surface area contributed by atoms with Crippen molar-refractivity contribution >= 4 is 18.4 Å². The van der Waals surface area contributed by atoms with Crippen molar-refractivity contribution in [2.24, 2.45) is 5.41 Å². The number of aliphatic hydroxyl groups is 1. The molecule has 17 heavy (non-hydrogen) atoms. The minimum Gasteiger partial charge on any atom is -0.481 e. The van der Waals surface area contributed by atoms with Crippen LogP contribution in [0.15, 0.2) is 0 Å². The predicted molar refractivity (Wildman–Crippen MR) is 69.6 cm³/mol. The highest BCUT2D eigenvalue weighted by Crippen LogP contribution is 2.38. The van der Waals surface area contributed by atoms with Gasteiger partial charge in [-0.1, -0.05) is 19.3 Å². The topological polar surface area (TPSA) is 69.6 Å². The Labute approximate surface area is 109 Å². The average molecular weight is 266 g/mol. The first kappa shape index (κ1) is 16.7. The summed E-state index contributed by atoms with van der Waals surface area (Å²) in [6.07, 6.45) is 5.70. The van der Waals surface area contributed by atoms with Gasteiger partial charge in [0.2, 0.25) is 0 Å². The summed E-state index contributed by atoms with van der Waals surface area (Å²) in [5.41, 5.74) is -0.0898. The number of hydrogen-bond acceptors (Lipinski definition) is 3. The number of carboxylic acids is 1. The zero-order valence-electron chi connectivity index (χ0n) is 10.4. The van der Waals surface area contributed by atoms with Crippen LogP contribution in [0.5, 0.6) is 0 Å². The lowest BCUT2D eigenvalue weighted by atomic mass is 9.71. The second kappa shape index (κ2) is 7.90. The van der Waals surface area contributed by atoms with Crippen molar-refractivity contribution in [2.75, 3.05) is 13.2 Å². The number of hydrogen-bond donors (Lipinski definition) is 3.